The van der Waals surface area contributed by atoms with Crippen LogP contribution >= 0.6 is 0 Å². The van der Waals surface area contributed by atoms with Gasteiger partial charge in [0.2, 0.25) is 0 Å². The molecule has 3 nitrogen and oxygen atoms in total. The van der Waals surface area contributed by atoms with Gasteiger partial charge in [0.25, 0.3) is 0 Å². The number of rotatable bonds is 10. The molecule has 1 rings (SSSR count). The number of carbonyl (C=O) groups is 1. The molecule has 0 aromatic heterocycles. The molecule has 0 fully saturated rings. The van der Waals surface area contributed by atoms with Gasteiger partial charge in [-0.25, -0.2) is 0 Å². The lowest BCUT2D eigenvalue weighted by molar-refractivity contribution is -0.115. The summed E-state index contributed by atoms with van der Waals surface area (Å²) in [5, 5.41) is 3.26. The standard InChI is InChI=1S/C21H34N2O/c1-8-15(3)12-13-23(17(5)18(6)24)21(9-2)19-11-10-16(4)20(14-19)22-7/h10-11,14-15,21-22H,5,8-9,12-13H2,1-4,6-7H3/t15-,21?/m0/s1. The third kappa shape index (κ3) is 5.12. The minimum Gasteiger partial charge on any atom is -0.388 e. The van der Waals surface area contributed by atoms with E-state index in [0.717, 1.165) is 31.5 Å². The van der Waals surface area contributed by atoms with Crippen LogP contribution in [-0.4, -0.2) is 24.3 Å². The van der Waals surface area contributed by atoms with Crippen molar-refractivity contribution in [3.8, 4) is 0 Å². The van der Waals surface area contributed by atoms with Crippen LogP contribution < -0.4 is 5.32 Å². The molecule has 0 aliphatic rings. The minimum atomic E-state index is 0.0542. The van der Waals surface area contributed by atoms with Gasteiger partial charge in [-0.2, -0.15) is 0 Å². The van der Waals surface area contributed by atoms with Gasteiger partial charge in [0.1, 0.15) is 0 Å². The zero-order valence-corrected chi connectivity index (χ0v) is 16.3. The molecule has 0 aliphatic heterocycles. The van der Waals surface area contributed by atoms with Crippen molar-refractivity contribution in [2.75, 3.05) is 18.9 Å². The van der Waals surface area contributed by atoms with Crippen molar-refractivity contribution < 1.29 is 4.79 Å². The van der Waals surface area contributed by atoms with E-state index in [2.05, 4.69) is 62.7 Å². The van der Waals surface area contributed by atoms with Crippen LogP contribution in [-0.2, 0) is 4.79 Å². The molecule has 0 aliphatic carbocycles. The van der Waals surface area contributed by atoms with E-state index < -0.39 is 0 Å². The molecule has 0 saturated heterocycles. The van der Waals surface area contributed by atoms with Gasteiger partial charge >= 0.3 is 0 Å². The van der Waals surface area contributed by atoms with E-state index in [-0.39, 0.29) is 11.8 Å². The summed E-state index contributed by atoms with van der Waals surface area (Å²) in [5.41, 5.74) is 4.23. The number of Topliss-reactive ketones (excluding diaryl/α,β-unsaturated/α-hetero) is 1. The number of nitrogens with zero attached hydrogens (tertiary/aromatic N) is 1. The second kappa shape index (κ2) is 9.51. The molecule has 134 valence electrons. The van der Waals surface area contributed by atoms with Crippen molar-refractivity contribution in [3.05, 3.63) is 41.6 Å². The van der Waals surface area contributed by atoms with Crippen LogP contribution in [0.5, 0.6) is 0 Å². The summed E-state index contributed by atoms with van der Waals surface area (Å²) in [4.78, 5) is 14.2. The van der Waals surface area contributed by atoms with Crippen LogP contribution in [0.15, 0.2) is 30.5 Å². The Labute approximate surface area is 148 Å². The molecule has 24 heavy (non-hydrogen) atoms. The van der Waals surface area contributed by atoms with Crippen molar-refractivity contribution in [1.29, 1.82) is 0 Å². The predicted octanol–water partition coefficient (Wildman–Crippen LogP) is 5.33. The van der Waals surface area contributed by atoms with Gasteiger partial charge in [-0.15, -0.1) is 0 Å². The Hall–Kier alpha value is -1.77. The van der Waals surface area contributed by atoms with Crippen molar-refractivity contribution in [1.82, 2.24) is 4.90 Å². The molecule has 2 atom stereocenters. The third-order valence-corrected chi connectivity index (χ3v) is 4.99. The van der Waals surface area contributed by atoms with Crippen molar-refractivity contribution in [2.45, 2.75) is 59.9 Å². The average molecular weight is 331 g/mol. The first kappa shape index (κ1) is 20.3. The van der Waals surface area contributed by atoms with E-state index >= 15 is 0 Å². The van der Waals surface area contributed by atoms with Gasteiger partial charge < -0.3 is 10.2 Å². The second-order valence-corrected chi connectivity index (χ2v) is 6.75. The lowest BCUT2D eigenvalue weighted by Gasteiger charge is -2.35. The Kier molecular flexibility index (Phi) is 8.03. The molecule has 0 heterocycles. The topological polar surface area (TPSA) is 32.3 Å². The van der Waals surface area contributed by atoms with Crippen LogP contribution in [0.1, 0.15) is 64.1 Å². The molecule has 1 aromatic carbocycles. The highest BCUT2D eigenvalue weighted by Crippen LogP contribution is 2.31. The largest absolute Gasteiger partial charge is 0.388 e. The fourth-order valence-corrected chi connectivity index (χ4v) is 3.00. The summed E-state index contributed by atoms with van der Waals surface area (Å²) in [6.07, 6.45) is 3.18. The molecule has 0 amide bonds. The van der Waals surface area contributed by atoms with E-state index in [9.17, 15) is 4.79 Å². The molecular weight excluding hydrogens is 296 g/mol. The number of anilines is 1. The van der Waals surface area contributed by atoms with Crippen LogP contribution in [0, 0.1) is 12.8 Å². The van der Waals surface area contributed by atoms with Crippen molar-refractivity contribution in [3.63, 3.8) is 0 Å². The monoisotopic (exact) mass is 330 g/mol. The smallest absolute Gasteiger partial charge is 0.175 e. The maximum atomic E-state index is 12.0. The number of benzene rings is 1. The molecule has 3 heteroatoms. The SMILES string of the molecule is C=C(C(C)=O)N(CC[C@@H](C)CC)C(CC)c1ccc(C)c(NC)c1. The Bertz CT molecular complexity index is 565. The van der Waals surface area contributed by atoms with Gasteiger partial charge in [-0.05, 0) is 42.9 Å². The normalized spacial score (nSPS) is 13.2. The third-order valence-electron chi connectivity index (χ3n) is 4.99. The number of carbonyl (C=O) groups excluding carboxylic acids is 1. The second-order valence-electron chi connectivity index (χ2n) is 6.75. The highest BCUT2D eigenvalue weighted by molar-refractivity contribution is 5.92. The number of nitrogens with one attached hydrogen (secondary N) is 1. The van der Waals surface area contributed by atoms with E-state index in [1.165, 1.54) is 11.1 Å². The highest BCUT2D eigenvalue weighted by Gasteiger charge is 2.23. The summed E-state index contributed by atoms with van der Waals surface area (Å²) in [5.74, 6) is 0.703. The summed E-state index contributed by atoms with van der Waals surface area (Å²) in [7, 11) is 1.95. The lowest BCUT2D eigenvalue weighted by atomic mass is 9.97. The van der Waals surface area contributed by atoms with Crippen LogP contribution in [0.2, 0.25) is 0 Å². The zero-order chi connectivity index (χ0) is 18.3. The van der Waals surface area contributed by atoms with Gasteiger partial charge in [-0.3, -0.25) is 4.79 Å². The molecule has 1 N–H and O–H groups in total. The van der Waals surface area contributed by atoms with Crippen LogP contribution in [0.3, 0.4) is 0 Å². The Morgan fingerprint density at radius 3 is 2.46 bits per heavy atom. The van der Waals surface area contributed by atoms with E-state index in [0.29, 0.717) is 11.6 Å². The summed E-state index contributed by atoms with van der Waals surface area (Å²) in [6, 6.07) is 6.70. The number of aryl methyl sites for hydroxylation is 1. The Balaban J connectivity index is 3.15. The van der Waals surface area contributed by atoms with Gasteiger partial charge in [-0.1, -0.05) is 45.9 Å². The number of hydrogen-bond donors (Lipinski definition) is 1. The summed E-state index contributed by atoms with van der Waals surface area (Å²) < 4.78 is 0. The number of allylic oxidation sites excluding steroid dienone is 1. The maximum absolute atomic E-state index is 12.0. The minimum absolute atomic E-state index is 0.0542. The van der Waals surface area contributed by atoms with Crippen LogP contribution in [0.25, 0.3) is 0 Å². The maximum Gasteiger partial charge on any atom is 0.175 e. The summed E-state index contributed by atoms with van der Waals surface area (Å²) in [6.45, 7) is 15.3. The molecule has 0 radical (unpaired) electrons. The van der Waals surface area contributed by atoms with E-state index in [1.807, 2.05) is 7.05 Å². The Morgan fingerprint density at radius 1 is 1.29 bits per heavy atom. The quantitative estimate of drug-likeness (QED) is 0.589. The fraction of sp³-hybridized carbons (Fsp3) is 0.571. The van der Waals surface area contributed by atoms with E-state index in [1.54, 1.807) is 6.92 Å². The fourth-order valence-electron chi connectivity index (χ4n) is 3.00. The molecule has 0 spiro atoms. The predicted molar refractivity (Wildman–Crippen MR) is 104 cm³/mol. The zero-order valence-electron chi connectivity index (χ0n) is 16.3. The van der Waals surface area contributed by atoms with E-state index in [4.69, 9.17) is 0 Å². The molecule has 0 saturated carbocycles. The molecule has 1 aromatic rings. The average Bonchev–Trinajstić information content (AvgIpc) is 2.58. The first-order valence-corrected chi connectivity index (χ1v) is 9.10. The number of hydrogen-bond acceptors (Lipinski definition) is 3. The molecule has 1 unspecified atom stereocenters. The van der Waals surface area contributed by atoms with Gasteiger partial charge in [0, 0.05) is 26.2 Å². The van der Waals surface area contributed by atoms with Gasteiger partial charge in [0.15, 0.2) is 5.78 Å². The number of ketones is 1. The van der Waals surface area contributed by atoms with Crippen molar-refractivity contribution >= 4 is 11.5 Å². The van der Waals surface area contributed by atoms with Crippen molar-refractivity contribution in [2.24, 2.45) is 5.92 Å². The van der Waals surface area contributed by atoms with Crippen LogP contribution in [0.4, 0.5) is 5.69 Å². The highest BCUT2D eigenvalue weighted by atomic mass is 16.1. The first-order valence-electron chi connectivity index (χ1n) is 9.10. The molecular formula is C21H34N2O. The lowest BCUT2D eigenvalue weighted by Crippen LogP contribution is -2.32. The molecule has 0 bridgehead atoms. The first-order chi connectivity index (χ1) is 11.3. The summed E-state index contributed by atoms with van der Waals surface area (Å²) >= 11 is 0. The Morgan fingerprint density at radius 2 is 1.96 bits per heavy atom. The van der Waals surface area contributed by atoms with Gasteiger partial charge in [0.05, 0.1) is 11.7 Å².